The number of piperidine rings is 1. The van der Waals surface area contributed by atoms with Crippen LogP contribution in [0.4, 0.5) is 11.6 Å². The Morgan fingerprint density at radius 1 is 1.25 bits per heavy atom. The molecule has 5 rings (SSSR count). The van der Waals surface area contributed by atoms with E-state index < -0.39 is 0 Å². The minimum Gasteiger partial charge on any atom is -0.495 e. The normalized spacial score (nSPS) is 19.5. The van der Waals surface area contributed by atoms with Gasteiger partial charge in [0.1, 0.15) is 5.75 Å². The fourth-order valence-corrected chi connectivity index (χ4v) is 5.20. The molecule has 36 heavy (non-hydrogen) atoms. The van der Waals surface area contributed by atoms with Gasteiger partial charge in [-0.05, 0) is 51.3 Å². The maximum Gasteiger partial charge on any atom is 0.227 e. The number of hydrogen-bond donors (Lipinski definition) is 1. The summed E-state index contributed by atoms with van der Waals surface area (Å²) >= 11 is 6.38. The standard InChI is InChI=1S/C26H29ClN6O3/c1-15(2)33-14-18(12-29-33)24-20(27)13-28-26(31-24)30-21-6-4-16(11-22(21)36-3)25(35)17-8-9-32-19(10-17)5-7-23(32)34/h4,6,11-15,17,19H,5,7-10H2,1-3H3,(H,28,30,31). The second-order valence-corrected chi connectivity index (χ2v) is 10.0. The number of hydrogen-bond acceptors (Lipinski definition) is 7. The highest BCUT2D eigenvalue weighted by atomic mass is 35.5. The number of methoxy groups -OCH3 is 1. The summed E-state index contributed by atoms with van der Waals surface area (Å²) < 4.78 is 7.43. The average Bonchev–Trinajstić information content (AvgIpc) is 3.52. The zero-order valence-corrected chi connectivity index (χ0v) is 21.3. The zero-order valence-electron chi connectivity index (χ0n) is 20.6. The molecule has 2 aliphatic rings. The van der Waals surface area contributed by atoms with Gasteiger partial charge in [0.05, 0.1) is 35.9 Å². The molecule has 188 valence electrons. The number of rotatable bonds is 7. The van der Waals surface area contributed by atoms with Gasteiger partial charge in [0.25, 0.3) is 0 Å². The first-order chi connectivity index (χ1) is 17.3. The maximum atomic E-state index is 13.3. The van der Waals surface area contributed by atoms with Crippen molar-refractivity contribution < 1.29 is 14.3 Å². The zero-order chi connectivity index (χ0) is 25.4. The van der Waals surface area contributed by atoms with Gasteiger partial charge in [0.2, 0.25) is 11.9 Å². The molecule has 0 aliphatic carbocycles. The van der Waals surface area contributed by atoms with Crippen LogP contribution in [0.25, 0.3) is 11.3 Å². The fourth-order valence-electron chi connectivity index (χ4n) is 5.00. The molecule has 2 aromatic heterocycles. The summed E-state index contributed by atoms with van der Waals surface area (Å²) in [5.74, 6) is 1.08. The summed E-state index contributed by atoms with van der Waals surface area (Å²) in [5.41, 5.74) is 2.60. The van der Waals surface area contributed by atoms with Crippen LogP contribution in [0.3, 0.4) is 0 Å². The number of ether oxygens (including phenoxy) is 1. The van der Waals surface area contributed by atoms with Crippen molar-refractivity contribution in [1.82, 2.24) is 24.6 Å². The molecule has 2 unspecified atom stereocenters. The highest BCUT2D eigenvalue weighted by Crippen LogP contribution is 2.35. The van der Waals surface area contributed by atoms with E-state index in [0.29, 0.717) is 53.1 Å². The molecule has 2 atom stereocenters. The van der Waals surface area contributed by atoms with Crippen molar-refractivity contribution in [2.45, 2.75) is 51.6 Å². The van der Waals surface area contributed by atoms with E-state index in [1.54, 1.807) is 37.7 Å². The number of carbonyl (C=O) groups excluding carboxylic acids is 2. The number of halogens is 1. The van der Waals surface area contributed by atoms with Gasteiger partial charge < -0.3 is 15.0 Å². The number of Topliss-reactive ketones (excluding diaryl/α,β-unsaturated/α-hetero) is 1. The lowest BCUT2D eigenvalue weighted by atomic mass is 9.85. The Balaban J connectivity index is 1.34. The summed E-state index contributed by atoms with van der Waals surface area (Å²) in [6.45, 7) is 4.75. The third kappa shape index (κ3) is 4.67. The first-order valence-electron chi connectivity index (χ1n) is 12.2. The highest BCUT2D eigenvalue weighted by Gasteiger charge is 2.38. The molecular weight excluding hydrogens is 480 g/mol. The first kappa shape index (κ1) is 24.2. The Kier molecular flexibility index (Phi) is 6.66. The first-order valence-corrected chi connectivity index (χ1v) is 12.6. The van der Waals surface area contributed by atoms with Crippen molar-refractivity contribution in [3.05, 3.63) is 47.4 Å². The molecule has 4 heterocycles. The van der Waals surface area contributed by atoms with Crippen LogP contribution in [-0.4, -0.2) is 56.0 Å². The molecule has 0 spiro atoms. The van der Waals surface area contributed by atoms with Crippen LogP contribution >= 0.6 is 11.6 Å². The Labute approximate surface area is 214 Å². The molecule has 0 radical (unpaired) electrons. The number of carbonyl (C=O) groups is 2. The second-order valence-electron chi connectivity index (χ2n) is 9.60. The lowest BCUT2D eigenvalue weighted by Crippen LogP contribution is -2.42. The van der Waals surface area contributed by atoms with Crippen molar-refractivity contribution >= 4 is 34.9 Å². The van der Waals surface area contributed by atoms with Crippen molar-refractivity contribution in [3.63, 3.8) is 0 Å². The molecule has 9 nitrogen and oxygen atoms in total. The summed E-state index contributed by atoms with van der Waals surface area (Å²) in [6.07, 6.45) is 8.02. The molecule has 1 amide bonds. The molecule has 1 N–H and O–H groups in total. The lowest BCUT2D eigenvalue weighted by molar-refractivity contribution is -0.130. The summed E-state index contributed by atoms with van der Waals surface area (Å²) in [6, 6.07) is 5.75. The number of nitrogens with one attached hydrogen (secondary N) is 1. The largest absolute Gasteiger partial charge is 0.495 e. The minimum absolute atomic E-state index is 0.0884. The Bertz CT molecular complexity index is 1310. The molecule has 2 fully saturated rings. The van der Waals surface area contributed by atoms with Gasteiger partial charge in [-0.1, -0.05) is 11.6 Å². The smallest absolute Gasteiger partial charge is 0.227 e. The van der Waals surface area contributed by atoms with Crippen LogP contribution in [-0.2, 0) is 4.79 Å². The molecule has 2 saturated heterocycles. The highest BCUT2D eigenvalue weighted by molar-refractivity contribution is 6.32. The third-order valence-corrected chi connectivity index (χ3v) is 7.26. The maximum absolute atomic E-state index is 13.3. The molecular formula is C26H29ClN6O3. The monoisotopic (exact) mass is 508 g/mol. The van der Waals surface area contributed by atoms with Crippen molar-refractivity contribution in [3.8, 4) is 17.0 Å². The average molecular weight is 509 g/mol. The topological polar surface area (TPSA) is 102 Å². The Morgan fingerprint density at radius 3 is 2.83 bits per heavy atom. The van der Waals surface area contributed by atoms with Gasteiger partial charge in [0, 0.05) is 48.3 Å². The summed E-state index contributed by atoms with van der Waals surface area (Å²) in [7, 11) is 1.56. The van der Waals surface area contributed by atoms with Crippen LogP contribution in [0, 0.1) is 5.92 Å². The minimum atomic E-state index is -0.0884. The van der Waals surface area contributed by atoms with Crippen LogP contribution in [0.15, 0.2) is 36.8 Å². The second kappa shape index (κ2) is 9.89. The Morgan fingerprint density at radius 2 is 2.08 bits per heavy atom. The predicted molar refractivity (Wildman–Crippen MR) is 137 cm³/mol. The summed E-state index contributed by atoms with van der Waals surface area (Å²) in [4.78, 5) is 36.1. The molecule has 0 bridgehead atoms. The van der Waals surface area contributed by atoms with E-state index in [-0.39, 0.29) is 29.7 Å². The van der Waals surface area contributed by atoms with E-state index in [1.807, 2.05) is 29.6 Å². The lowest BCUT2D eigenvalue weighted by Gasteiger charge is -2.34. The number of fused-ring (bicyclic) bond motifs is 1. The van der Waals surface area contributed by atoms with Gasteiger partial charge in [0.15, 0.2) is 5.78 Å². The van der Waals surface area contributed by atoms with Crippen LogP contribution in [0.2, 0.25) is 5.02 Å². The van der Waals surface area contributed by atoms with Crippen LogP contribution < -0.4 is 10.1 Å². The predicted octanol–water partition coefficient (Wildman–Crippen LogP) is 4.91. The van der Waals surface area contributed by atoms with E-state index in [0.717, 1.165) is 18.4 Å². The SMILES string of the molecule is COc1cc(C(=O)C2CCN3C(=O)CCC3C2)ccc1Nc1ncc(Cl)c(-c2cnn(C(C)C)c2)n1. The van der Waals surface area contributed by atoms with Gasteiger partial charge in [-0.3, -0.25) is 14.3 Å². The number of ketones is 1. The molecule has 10 heteroatoms. The van der Waals surface area contributed by atoms with E-state index in [4.69, 9.17) is 16.3 Å². The van der Waals surface area contributed by atoms with Crippen LogP contribution in [0.5, 0.6) is 5.75 Å². The van der Waals surface area contributed by atoms with E-state index in [2.05, 4.69) is 20.4 Å². The number of aromatic nitrogens is 4. The van der Waals surface area contributed by atoms with E-state index in [1.165, 1.54) is 0 Å². The quantitative estimate of drug-likeness (QED) is 0.452. The van der Waals surface area contributed by atoms with Crippen molar-refractivity contribution in [2.75, 3.05) is 19.0 Å². The number of benzene rings is 1. The van der Waals surface area contributed by atoms with Crippen LogP contribution in [0.1, 0.15) is 55.9 Å². The third-order valence-electron chi connectivity index (χ3n) is 6.98. The fraction of sp³-hybridized carbons (Fsp3) is 0.423. The number of amides is 1. The van der Waals surface area contributed by atoms with E-state index in [9.17, 15) is 9.59 Å². The van der Waals surface area contributed by atoms with E-state index >= 15 is 0 Å². The van der Waals surface area contributed by atoms with Crippen molar-refractivity contribution in [1.29, 1.82) is 0 Å². The molecule has 0 saturated carbocycles. The van der Waals surface area contributed by atoms with Gasteiger partial charge in [-0.15, -0.1) is 0 Å². The van der Waals surface area contributed by atoms with Crippen molar-refractivity contribution in [2.24, 2.45) is 5.92 Å². The van der Waals surface area contributed by atoms with Gasteiger partial charge >= 0.3 is 0 Å². The number of nitrogens with zero attached hydrogens (tertiary/aromatic N) is 5. The summed E-state index contributed by atoms with van der Waals surface area (Å²) in [5, 5.41) is 7.97. The molecule has 2 aliphatic heterocycles. The molecule has 3 aromatic rings. The van der Waals surface area contributed by atoms with Gasteiger partial charge in [-0.2, -0.15) is 5.10 Å². The number of anilines is 2. The Hall–Kier alpha value is -3.46. The molecule has 1 aromatic carbocycles. The van der Waals surface area contributed by atoms with Gasteiger partial charge in [-0.25, -0.2) is 9.97 Å².